The smallest absolute Gasteiger partial charge is 0.337 e. The molecular formula is C8H8FNO2. The Morgan fingerprint density at radius 2 is 2.17 bits per heavy atom. The van der Waals surface area contributed by atoms with Crippen LogP contribution in [-0.4, -0.2) is 16.1 Å². The standard InChI is InChI=1S/C8H8FNO2/c1-4-3-6(9)10-5(2)7(4)8(11)12/h3H,1-2H3,(H,11,12). The summed E-state index contributed by atoms with van der Waals surface area (Å²) in [6.07, 6.45) is 0. The first-order valence-electron chi connectivity index (χ1n) is 3.39. The van der Waals surface area contributed by atoms with Crippen LogP contribution in [0.25, 0.3) is 0 Å². The van der Waals surface area contributed by atoms with Gasteiger partial charge in [-0.1, -0.05) is 0 Å². The molecule has 0 atom stereocenters. The molecule has 0 aliphatic carbocycles. The highest BCUT2D eigenvalue weighted by Crippen LogP contribution is 2.12. The quantitative estimate of drug-likeness (QED) is 0.648. The van der Waals surface area contributed by atoms with Gasteiger partial charge in [0.25, 0.3) is 0 Å². The van der Waals surface area contributed by atoms with Crippen molar-refractivity contribution in [3.63, 3.8) is 0 Å². The molecule has 1 N–H and O–H groups in total. The Labute approximate surface area is 68.9 Å². The molecule has 64 valence electrons. The first kappa shape index (κ1) is 8.64. The van der Waals surface area contributed by atoms with E-state index in [-0.39, 0.29) is 11.3 Å². The van der Waals surface area contributed by atoms with Crippen molar-refractivity contribution in [2.75, 3.05) is 0 Å². The van der Waals surface area contributed by atoms with E-state index in [1.807, 2.05) is 0 Å². The van der Waals surface area contributed by atoms with Crippen LogP contribution in [0.1, 0.15) is 21.6 Å². The van der Waals surface area contributed by atoms with E-state index in [2.05, 4.69) is 4.98 Å². The van der Waals surface area contributed by atoms with Crippen LogP contribution in [-0.2, 0) is 0 Å². The summed E-state index contributed by atoms with van der Waals surface area (Å²) < 4.78 is 12.6. The van der Waals surface area contributed by atoms with E-state index in [1.54, 1.807) is 6.92 Å². The van der Waals surface area contributed by atoms with Crippen molar-refractivity contribution >= 4 is 5.97 Å². The molecule has 0 aromatic carbocycles. The van der Waals surface area contributed by atoms with Crippen molar-refractivity contribution in [3.05, 3.63) is 28.8 Å². The van der Waals surface area contributed by atoms with Crippen LogP contribution >= 0.6 is 0 Å². The molecule has 0 aliphatic heterocycles. The summed E-state index contributed by atoms with van der Waals surface area (Å²) in [7, 11) is 0. The molecule has 0 bridgehead atoms. The second-order valence-corrected chi connectivity index (χ2v) is 2.53. The van der Waals surface area contributed by atoms with Crippen LogP contribution in [0.4, 0.5) is 4.39 Å². The summed E-state index contributed by atoms with van der Waals surface area (Å²) >= 11 is 0. The Morgan fingerprint density at radius 3 is 2.58 bits per heavy atom. The Morgan fingerprint density at radius 1 is 1.58 bits per heavy atom. The minimum atomic E-state index is -1.07. The van der Waals surface area contributed by atoms with Crippen molar-refractivity contribution in [3.8, 4) is 0 Å². The predicted molar refractivity (Wildman–Crippen MR) is 40.6 cm³/mol. The Kier molecular flexibility index (Phi) is 2.08. The average molecular weight is 169 g/mol. The van der Waals surface area contributed by atoms with Gasteiger partial charge in [-0.25, -0.2) is 9.78 Å². The molecule has 1 aromatic heterocycles. The number of hydrogen-bond acceptors (Lipinski definition) is 2. The molecule has 0 saturated carbocycles. The van der Waals surface area contributed by atoms with Gasteiger partial charge in [-0.15, -0.1) is 0 Å². The molecule has 0 spiro atoms. The first-order valence-corrected chi connectivity index (χ1v) is 3.39. The van der Waals surface area contributed by atoms with Crippen molar-refractivity contribution in [2.45, 2.75) is 13.8 Å². The van der Waals surface area contributed by atoms with Gasteiger partial charge >= 0.3 is 5.97 Å². The zero-order valence-electron chi connectivity index (χ0n) is 6.76. The summed E-state index contributed by atoms with van der Waals surface area (Å²) in [5.74, 6) is -1.72. The summed E-state index contributed by atoms with van der Waals surface area (Å²) in [6, 6.07) is 1.11. The van der Waals surface area contributed by atoms with Gasteiger partial charge in [0.15, 0.2) is 0 Å². The maximum absolute atomic E-state index is 12.6. The van der Waals surface area contributed by atoms with Crippen molar-refractivity contribution in [1.82, 2.24) is 4.98 Å². The van der Waals surface area contributed by atoms with E-state index >= 15 is 0 Å². The third-order valence-electron chi connectivity index (χ3n) is 1.58. The first-order chi connectivity index (χ1) is 5.52. The molecule has 0 unspecified atom stereocenters. The molecular weight excluding hydrogens is 161 g/mol. The van der Waals surface area contributed by atoms with Gasteiger partial charge in [0, 0.05) is 0 Å². The fourth-order valence-corrected chi connectivity index (χ4v) is 1.11. The molecule has 3 nitrogen and oxygen atoms in total. The maximum atomic E-state index is 12.6. The average Bonchev–Trinajstić information content (AvgIpc) is 1.82. The van der Waals surface area contributed by atoms with E-state index in [9.17, 15) is 9.18 Å². The van der Waals surface area contributed by atoms with E-state index < -0.39 is 11.9 Å². The van der Waals surface area contributed by atoms with Crippen molar-refractivity contribution in [2.24, 2.45) is 0 Å². The van der Waals surface area contributed by atoms with Crippen molar-refractivity contribution in [1.29, 1.82) is 0 Å². The second kappa shape index (κ2) is 2.89. The SMILES string of the molecule is Cc1cc(F)nc(C)c1C(=O)O. The lowest BCUT2D eigenvalue weighted by Crippen LogP contribution is -2.06. The summed E-state index contributed by atoms with van der Waals surface area (Å²) in [4.78, 5) is 14.0. The number of nitrogens with zero attached hydrogens (tertiary/aromatic N) is 1. The highest BCUT2D eigenvalue weighted by molar-refractivity contribution is 5.90. The van der Waals surface area contributed by atoms with Gasteiger partial charge < -0.3 is 5.11 Å². The summed E-state index contributed by atoms with van der Waals surface area (Å²) in [5.41, 5.74) is 0.684. The highest BCUT2D eigenvalue weighted by Gasteiger charge is 2.12. The summed E-state index contributed by atoms with van der Waals surface area (Å²) in [6.45, 7) is 3.01. The number of halogens is 1. The molecule has 12 heavy (non-hydrogen) atoms. The Hall–Kier alpha value is -1.45. The lowest BCUT2D eigenvalue weighted by atomic mass is 10.1. The van der Waals surface area contributed by atoms with Crippen LogP contribution in [0.3, 0.4) is 0 Å². The third kappa shape index (κ3) is 1.42. The monoisotopic (exact) mass is 169 g/mol. The number of carboxylic acids is 1. The van der Waals surface area contributed by atoms with E-state index in [1.165, 1.54) is 6.92 Å². The molecule has 1 heterocycles. The van der Waals surface area contributed by atoms with Gasteiger partial charge in [-0.3, -0.25) is 0 Å². The van der Waals surface area contributed by atoms with Gasteiger partial charge in [0.2, 0.25) is 5.95 Å². The van der Waals surface area contributed by atoms with Crippen LogP contribution in [0.2, 0.25) is 0 Å². The zero-order valence-corrected chi connectivity index (χ0v) is 6.76. The molecule has 0 radical (unpaired) electrons. The normalized spacial score (nSPS) is 9.92. The number of aromatic nitrogens is 1. The third-order valence-corrected chi connectivity index (χ3v) is 1.58. The number of carbonyl (C=O) groups is 1. The maximum Gasteiger partial charge on any atom is 0.337 e. The zero-order chi connectivity index (χ0) is 9.30. The van der Waals surface area contributed by atoms with E-state index in [4.69, 9.17) is 5.11 Å². The van der Waals surface area contributed by atoms with Crippen LogP contribution in [0, 0.1) is 19.8 Å². The number of rotatable bonds is 1. The van der Waals surface area contributed by atoms with E-state index in [0.717, 1.165) is 6.07 Å². The van der Waals surface area contributed by atoms with Gasteiger partial charge in [-0.05, 0) is 25.5 Å². The lowest BCUT2D eigenvalue weighted by Gasteiger charge is -2.02. The lowest BCUT2D eigenvalue weighted by molar-refractivity contribution is 0.0694. The highest BCUT2D eigenvalue weighted by atomic mass is 19.1. The minimum absolute atomic E-state index is 0.0800. The van der Waals surface area contributed by atoms with Gasteiger partial charge in [0.05, 0.1) is 11.3 Å². The molecule has 1 aromatic rings. The minimum Gasteiger partial charge on any atom is -0.478 e. The number of hydrogen-bond donors (Lipinski definition) is 1. The Balaban J connectivity index is 3.38. The number of pyridine rings is 1. The van der Waals surface area contributed by atoms with Crippen LogP contribution in [0.15, 0.2) is 6.07 Å². The largest absolute Gasteiger partial charge is 0.478 e. The number of aryl methyl sites for hydroxylation is 2. The predicted octanol–water partition coefficient (Wildman–Crippen LogP) is 1.54. The second-order valence-electron chi connectivity index (χ2n) is 2.53. The fraction of sp³-hybridized carbons (Fsp3) is 0.250. The van der Waals surface area contributed by atoms with Gasteiger partial charge in [-0.2, -0.15) is 4.39 Å². The van der Waals surface area contributed by atoms with Crippen molar-refractivity contribution < 1.29 is 14.3 Å². The molecule has 0 fully saturated rings. The molecule has 0 amide bonds. The van der Waals surface area contributed by atoms with Gasteiger partial charge in [0.1, 0.15) is 0 Å². The molecule has 0 saturated heterocycles. The van der Waals surface area contributed by atoms with Crippen LogP contribution in [0.5, 0.6) is 0 Å². The Bertz CT molecular complexity index is 313. The summed E-state index contributed by atoms with van der Waals surface area (Å²) in [5, 5.41) is 8.67. The molecule has 4 heteroatoms. The van der Waals surface area contributed by atoms with Crippen LogP contribution < -0.4 is 0 Å². The molecule has 0 aliphatic rings. The fourth-order valence-electron chi connectivity index (χ4n) is 1.11. The molecule has 1 rings (SSSR count). The number of aromatic carboxylic acids is 1. The number of carboxylic acid groups (broad SMARTS) is 1. The van der Waals surface area contributed by atoms with E-state index in [0.29, 0.717) is 5.56 Å². The topological polar surface area (TPSA) is 50.2 Å².